The number of carbonyl (C=O) groups excluding carboxylic acids is 2. The van der Waals surface area contributed by atoms with Crippen molar-refractivity contribution in [2.24, 2.45) is 0 Å². The van der Waals surface area contributed by atoms with Crippen LogP contribution in [0.1, 0.15) is 30.4 Å². The van der Waals surface area contributed by atoms with Crippen molar-refractivity contribution < 1.29 is 37.4 Å². The van der Waals surface area contributed by atoms with Crippen LogP contribution in [-0.4, -0.2) is 91.2 Å². The van der Waals surface area contributed by atoms with Crippen LogP contribution in [0.4, 0.5) is 20.4 Å². The van der Waals surface area contributed by atoms with Crippen LogP contribution in [0.5, 0.6) is 5.88 Å². The van der Waals surface area contributed by atoms with Gasteiger partial charge in [-0.3, -0.25) is 15.0 Å². The van der Waals surface area contributed by atoms with Crippen molar-refractivity contribution in [3.05, 3.63) is 71.8 Å². The zero-order valence-electron chi connectivity index (χ0n) is 26.3. The Balaban J connectivity index is 1.34. The standard InChI is InChI=1S/C32H34N6O8S2/c1-45-26-13-11-24-28(34-26)47-29(33-24)35-30(41)38-20-32(14-16-36(19-32)31(42)46-2)23-17-22(10-12-25(23)38)48(43,44)37(15-6-9-27(39)40)18-21-7-4-3-5-8-21/h3-5,7-8,10-13,17H,6,9,14-16,18-20H2,1-2H3,(H,39,40)(H,33,35,41)/t32-/m1/s1. The first-order chi connectivity index (χ1) is 23.0. The molecule has 2 aromatic carbocycles. The van der Waals surface area contributed by atoms with Crippen molar-refractivity contribution in [2.45, 2.75) is 36.1 Å². The van der Waals surface area contributed by atoms with Gasteiger partial charge in [-0.25, -0.2) is 28.0 Å². The number of nitrogens with one attached hydrogen (secondary N) is 1. The largest absolute Gasteiger partial charge is 0.481 e. The molecule has 14 nitrogen and oxygen atoms in total. The number of hydrogen-bond acceptors (Lipinski definition) is 10. The highest BCUT2D eigenvalue weighted by atomic mass is 32.2. The Kier molecular flexibility index (Phi) is 9.22. The molecular formula is C32H34N6O8S2. The number of anilines is 2. The van der Waals surface area contributed by atoms with Crippen LogP contribution in [0, 0.1) is 0 Å². The number of carboxylic acids is 1. The van der Waals surface area contributed by atoms with Crippen molar-refractivity contribution in [3.8, 4) is 5.88 Å². The Bertz CT molecular complexity index is 1970. The fraction of sp³-hybridized carbons (Fsp3) is 0.344. The van der Waals surface area contributed by atoms with Crippen molar-refractivity contribution >= 4 is 60.6 Å². The van der Waals surface area contributed by atoms with E-state index in [1.165, 1.54) is 35.9 Å². The molecule has 1 saturated heterocycles. The Morgan fingerprint density at radius 2 is 1.85 bits per heavy atom. The molecule has 0 saturated carbocycles. The molecule has 48 heavy (non-hydrogen) atoms. The third-order valence-corrected chi connectivity index (χ3v) is 11.3. The molecule has 4 heterocycles. The van der Waals surface area contributed by atoms with E-state index in [1.54, 1.807) is 34.1 Å². The maximum atomic E-state index is 14.2. The number of thiazole rings is 1. The summed E-state index contributed by atoms with van der Waals surface area (Å²) in [5.41, 5.74) is 1.72. The topological polar surface area (TPSA) is 172 Å². The fourth-order valence-electron chi connectivity index (χ4n) is 6.25. The molecule has 1 atom stereocenters. The highest BCUT2D eigenvalue weighted by Gasteiger charge is 2.50. The lowest BCUT2D eigenvalue weighted by Gasteiger charge is -2.26. The summed E-state index contributed by atoms with van der Waals surface area (Å²) in [6.45, 7) is 0.822. The van der Waals surface area contributed by atoms with Gasteiger partial charge in [-0.1, -0.05) is 41.7 Å². The number of aliphatic carboxylic acids is 1. The predicted molar refractivity (Wildman–Crippen MR) is 178 cm³/mol. The molecule has 0 aliphatic carbocycles. The molecule has 2 aliphatic rings. The fourth-order valence-corrected chi connectivity index (χ4v) is 8.56. The Labute approximate surface area is 281 Å². The molecule has 1 spiro atoms. The highest BCUT2D eigenvalue weighted by Crippen LogP contribution is 2.48. The number of amides is 3. The van der Waals surface area contributed by atoms with Crippen molar-refractivity contribution in [2.75, 3.05) is 50.6 Å². The molecule has 3 amide bonds. The maximum absolute atomic E-state index is 14.2. The molecular weight excluding hydrogens is 661 g/mol. The minimum absolute atomic E-state index is 0.000691. The lowest BCUT2D eigenvalue weighted by atomic mass is 9.81. The molecule has 2 aliphatic heterocycles. The average Bonchev–Trinajstić information content (AvgIpc) is 3.79. The second kappa shape index (κ2) is 13.4. The van der Waals surface area contributed by atoms with Crippen LogP contribution in [0.25, 0.3) is 10.3 Å². The van der Waals surface area contributed by atoms with Crippen LogP contribution in [0.2, 0.25) is 0 Å². The number of benzene rings is 2. The van der Waals surface area contributed by atoms with E-state index < -0.39 is 33.5 Å². The van der Waals surface area contributed by atoms with Gasteiger partial charge in [0.25, 0.3) is 0 Å². The smallest absolute Gasteiger partial charge is 0.409 e. The summed E-state index contributed by atoms with van der Waals surface area (Å²) in [6, 6.07) is 16.7. The van der Waals surface area contributed by atoms with E-state index in [0.717, 1.165) is 5.56 Å². The summed E-state index contributed by atoms with van der Waals surface area (Å²) < 4.78 is 39.8. The Hall–Kier alpha value is -4.80. The summed E-state index contributed by atoms with van der Waals surface area (Å²) in [4.78, 5) is 50.1. The summed E-state index contributed by atoms with van der Waals surface area (Å²) in [6.07, 6.45) is -0.0869. The lowest BCUT2D eigenvalue weighted by Crippen LogP contribution is -2.41. The summed E-state index contributed by atoms with van der Waals surface area (Å²) in [5, 5.41) is 12.4. The molecule has 2 N–H and O–H groups in total. The van der Waals surface area contributed by atoms with Gasteiger partial charge in [0.05, 0.1) is 19.1 Å². The van der Waals surface area contributed by atoms with E-state index in [-0.39, 0.29) is 43.9 Å². The number of methoxy groups -OCH3 is 2. The predicted octanol–water partition coefficient (Wildman–Crippen LogP) is 4.52. The number of urea groups is 1. The molecule has 0 unspecified atom stereocenters. The van der Waals surface area contributed by atoms with Gasteiger partial charge in [-0.2, -0.15) is 4.31 Å². The zero-order chi connectivity index (χ0) is 34.1. The van der Waals surface area contributed by atoms with Gasteiger partial charge in [0.2, 0.25) is 15.9 Å². The SMILES string of the molecule is COC(=O)N1CC[C@@]2(C1)CN(C(=O)Nc1nc3ccc(OC)nc3s1)c1ccc(S(=O)(=O)N(CCCC(=O)O)Cc3ccccc3)cc12. The minimum atomic E-state index is -4.12. The van der Waals surface area contributed by atoms with Crippen LogP contribution < -0.4 is 15.0 Å². The van der Waals surface area contributed by atoms with Gasteiger partial charge in [0.1, 0.15) is 10.3 Å². The van der Waals surface area contributed by atoms with Crippen molar-refractivity contribution in [1.29, 1.82) is 0 Å². The number of likely N-dealkylation sites (tertiary alicyclic amines) is 1. The monoisotopic (exact) mass is 694 g/mol. The maximum Gasteiger partial charge on any atom is 0.409 e. The number of sulfonamides is 1. The Morgan fingerprint density at radius 3 is 2.58 bits per heavy atom. The second-order valence-electron chi connectivity index (χ2n) is 11.6. The number of hydrogen-bond donors (Lipinski definition) is 2. The van der Waals surface area contributed by atoms with Gasteiger partial charge in [0, 0.05) is 56.3 Å². The molecule has 2 aromatic heterocycles. The van der Waals surface area contributed by atoms with E-state index in [0.29, 0.717) is 45.6 Å². The normalized spacial score (nSPS) is 17.2. The van der Waals surface area contributed by atoms with Crippen LogP contribution in [0.3, 0.4) is 0 Å². The van der Waals surface area contributed by atoms with Gasteiger partial charge in [-0.05, 0) is 48.2 Å². The molecule has 4 aromatic rings. The van der Waals surface area contributed by atoms with E-state index in [4.69, 9.17) is 9.47 Å². The van der Waals surface area contributed by atoms with Gasteiger partial charge < -0.3 is 19.5 Å². The van der Waals surface area contributed by atoms with Gasteiger partial charge >= 0.3 is 18.1 Å². The number of nitrogens with zero attached hydrogens (tertiary/aromatic N) is 5. The first-order valence-electron chi connectivity index (χ1n) is 15.2. The highest BCUT2D eigenvalue weighted by molar-refractivity contribution is 7.89. The number of carboxylic acid groups (broad SMARTS) is 1. The van der Waals surface area contributed by atoms with Crippen LogP contribution >= 0.6 is 11.3 Å². The van der Waals surface area contributed by atoms with E-state index in [2.05, 4.69) is 15.3 Å². The number of fused-ring (bicyclic) bond motifs is 3. The molecule has 252 valence electrons. The van der Waals surface area contributed by atoms with Crippen molar-refractivity contribution in [3.63, 3.8) is 0 Å². The molecule has 1 fully saturated rings. The van der Waals surface area contributed by atoms with E-state index in [9.17, 15) is 27.9 Å². The van der Waals surface area contributed by atoms with E-state index >= 15 is 0 Å². The summed E-state index contributed by atoms with van der Waals surface area (Å²) in [7, 11) is -1.30. The first-order valence-corrected chi connectivity index (χ1v) is 17.4. The van der Waals surface area contributed by atoms with E-state index in [1.807, 2.05) is 30.3 Å². The molecule has 0 radical (unpaired) electrons. The molecule has 6 rings (SSSR count). The van der Waals surface area contributed by atoms with Gasteiger partial charge in [0.15, 0.2) is 5.13 Å². The minimum Gasteiger partial charge on any atom is -0.481 e. The summed E-state index contributed by atoms with van der Waals surface area (Å²) >= 11 is 1.19. The van der Waals surface area contributed by atoms with Crippen LogP contribution in [0.15, 0.2) is 65.6 Å². The molecule has 0 bridgehead atoms. The van der Waals surface area contributed by atoms with Crippen LogP contribution in [-0.2, 0) is 31.5 Å². The number of pyridine rings is 1. The third kappa shape index (κ3) is 6.50. The number of rotatable bonds is 10. The second-order valence-corrected chi connectivity index (χ2v) is 14.6. The number of carbonyl (C=O) groups is 3. The third-order valence-electron chi connectivity index (χ3n) is 8.61. The summed E-state index contributed by atoms with van der Waals surface area (Å²) in [5.74, 6) is -0.589. The zero-order valence-corrected chi connectivity index (χ0v) is 27.9. The number of aromatic nitrogens is 2. The van der Waals surface area contributed by atoms with Gasteiger partial charge in [-0.15, -0.1) is 0 Å². The quantitative estimate of drug-likeness (QED) is 0.241. The number of ether oxygens (including phenoxy) is 2. The average molecular weight is 695 g/mol. The Morgan fingerprint density at radius 1 is 1.06 bits per heavy atom. The first kappa shape index (κ1) is 33.1. The van der Waals surface area contributed by atoms with Crippen molar-refractivity contribution in [1.82, 2.24) is 19.2 Å². The molecule has 16 heteroatoms. The lowest BCUT2D eigenvalue weighted by molar-refractivity contribution is -0.137.